The summed E-state index contributed by atoms with van der Waals surface area (Å²) in [4.78, 5) is 2.48. The molecule has 0 spiro atoms. The first-order valence-electron chi connectivity index (χ1n) is 7.04. The largest absolute Gasteiger partial charge is 0.371 e. The van der Waals surface area contributed by atoms with Gasteiger partial charge in [0.25, 0.3) is 0 Å². The molecule has 2 aliphatic rings. The van der Waals surface area contributed by atoms with Gasteiger partial charge in [0.15, 0.2) is 0 Å². The molecule has 3 rings (SSSR count). The molecular formula is C15H21ClN2. The maximum Gasteiger partial charge on any atom is 0.0426 e. The fraction of sp³-hybridized carbons (Fsp3) is 0.600. The van der Waals surface area contributed by atoms with Gasteiger partial charge in [-0.25, -0.2) is 0 Å². The van der Waals surface area contributed by atoms with Crippen LogP contribution in [0.5, 0.6) is 0 Å². The number of nitrogens with one attached hydrogen (secondary N) is 1. The first kappa shape index (κ1) is 12.3. The van der Waals surface area contributed by atoms with Gasteiger partial charge >= 0.3 is 0 Å². The van der Waals surface area contributed by atoms with Crippen LogP contribution >= 0.6 is 11.6 Å². The van der Waals surface area contributed by atoms with Crippen molar-refractivity contribution < 1.29 is 0 Å². The van der Waals surface area contributed by atoms with Crippen LogP contribution in [0.4, 0.5) is 5.69 Å². The molecule has 1 unspecified atom stereocenters. The van der Waals surface area contributed by atoms with Crippen molar-refractivity contribution in [1.29, 1.82) is 0 Å². The highest BCUT2D eigenvalue weighted by molar-refractivity contribution is 6.30. The van der Waals surface area contributed by atoms with Gasteiger partial charge in [0.2, 0.25) is 0 Å². The van der Waals surface area contributed by atoms with E-state index in [1.165, 1.54) is 51.1 Å². The molecule has 1 N–H and O–H groups in total. The van der Waals surface area contributed by atoms with Crippen LogP contribution in [-0.2, 0) is 0 Å². The molecule has 2 nitrogen and oxygen atoms in total. The average Bonchev–Trinajstić information content (AvgIpc) is 2.93. The molecule has 0 aromatic heterocycles. The van der Waals surface area contributed by atoms with E-state index < -0.39 is 0 Å². The quantitative estimate of drug-likeness (QED) is 0.883. The van der Waals surface area contributed by atoms with Crippen LogP contribution in [0, 0.1) is 11.8 Å². The minimum atomic E-state index is 0.842. The molecule has 0 aliphatic carbocycles. The second-order valence-electron chi connectivity index (χ2n) is 5.56. The Morgan fingerprint density at radius 2 is 1.94 bits per heavy atom. The third kappa shape index (κ3) is 2.65. The Bertz CT molecular complexity index is 393. The van der Waals surface area contributed by atoms with Gasteiger partial charge in [-0.2, -0.15) is 0 Å². The van der Waals surface area contributed by atoms with Gasteiger partial charge in [-0.1, -0.05) is 17.7 Å². The third-order valence-electron chi connectivity index (χ3n) is 4.48. The van der Waals surface area contributed by atoms with E-state index in [1.807, 2.05) is 12.1 Å². The van der Waals surface area contributed by atoms with E-state index >= 15 is 0 Å². The lowest BCUT2D eigenvalue weighted by Crippen LogP contribution is -2.36. The lowest BCUT2D eigenvalue weighted by molar-refractivity contribution is 0.292. The molecule has 0 saturated carbocycles. The van der Waals surface area contributed by atoms with Crippen LogP contribution in [0.25, 0.3) is 0 Å². The van der Waals surface area contributed by atoms with Gasteiger partial charge in [0.05, 0.1) is 0 Å². The van der Waals surface area contributed by atoms with Crippen molar-refractivity contribution in [2.75, 3.05) is 31.1 Å². The molecule has 0 radical (unpaired) electrons. The maximum absolute atomic E-state index is 6.06. The van der Waals surface area contributed by atoms with Crippen molar-refractivity contribution in [2.24, 2.45) is 11.8 Å². The summed E-state index contributed by atoms with van der Waals surface area (Å²) in [5, 5.41) is 4.33. The monoisotopic (exact) mass is 264 g/mol. The van der Waals surface area contributed by atoms with E-state index in [-0.39, 0.29) is 0 Å². The van der Waals surface area contributed by atoms with E-state index in [1.54, 1.807) is 0 Å². The van der Waals surface area contributed by atoms with Gasteiger partial charge in [0, 0.05) is 23.8 Å². The fourth-order valence-corrected chi connectivity index (χ4v) is 3.57. The van der Waals surface area contributed by atoms with E-state index in [2.05, 4.69) is 22.3 Å². The van der Waals surface area contributed by atoms with Crippen LogP contribution in [0.3, 0.4) is 0 Å². The molecule has 2 aliphatic heterocycles. The Hall–Kier alpha value is -0.730. The maximum atomic E-state index is 6.06. The van der Waals surface area contributed by atoms with E-state index in [0.717, 1.165) is 16.9 Å². The van der Waals surface area contributed by atoms with Gasteiger partial charge in [-0.15, -0.1) is 0 Å². The Labute approximate surface area is 114 Å². The minimum absolute atomic E-state index is 0.842. The molecule has 18 heavy (non-hydrogen) atoms. The van der Waals surface area contributed by atoms with Crippen molar-refractivity contribution in [3.63, 3.8) is 0 Å². The zero-order valence-corrected chi connectivity index (χ0v) is 11.5. The summed E-state index contributed by atoms with van der Waals surface area (Å²) in [5.41, 5.74) is 1.28. The summed E-state index contributed by atoms with van der Waals surface area (Å²) in [6.07, 6.45) is 4.04. The second kappa shape index (κ2) is 5.50. The number of nitrogens with zero attached hydrogens (tertiary/aromatic N) is 1. The minimum Gasteiger partial charge on any atom is -0.371 e. The smallest absolute Gasteiger partial charge is 0.0426 e. The lowest BCUT2D eigenvalue weighted by Gasteiger charge is -2.36. The summed E-state index contributed by atoms with van der Waals surface area (Å²) in [6, 6.07) is 8.25. The van der Waals surface area contributed by atoms with E-state index in [0.29, 0.717) is 0 Å². The van der Waals surface area contributed by atoms with Crippen LogP contribution < -0.4 is 10.2 Å². The molecule has 3 heteroatoms. The molecule has 1 aromatic carbocycles. The van der Waals surface area contributed by atoms with Crippen molar-refractivity contribution in [1.82, 2.24) is 5.32 Å². The number of benzene rings is 1. The number of piperidine rings is 1. The number of anilines is 1. The summed E-state index contributed by atoms with van der Waals surface area (Å²) in [5.74, 6) is 1.85. The van der Waals surface area contributed by atoms with Crippen LogP contribution in [0.2, 0.25) is 5.02 Å². The molecular weight excluding hydrogens is 244 g/mol. The SMILES string of the molecule is Clc1cccc(N2CCC(C3CCNC3)CC2)c1. The fourth-order valence-electron chi connectivity index (χ4n) is 3.38. The standard InChI is InChI=1S/C15H21ClN2/c16-14-2-1-3-15(10-14)18-8-5-12(6-9-18)13-4-7-17-11-13/h1-3,10,12-13,17H,4-9,11H2. The van der Waals surface area contributed by atoms with E-state index in [4.69, 9.17) is 11.6 Å². The topological polar surface area (TPSA) is 15.3 Å². The van der Waals surface area contributed by atoms with E-state index in [9.17, 15) is 0 Å². The molecule has 2 saturated heterocycles. The highest BCUT2D eigenvalue weighted by Gasteiger charge is 2.28. The predicted molar refractivity (Wildman–Crippen MR) is 77.4 cm³/mol. The number of hydrogen-bond acceptors (Lipinski definition) is 2. The molecule has 98 valence electrons. The van der Waals surface area contributed by atoms with Crippen molar-refractivity contribution >= 4 is 17.3 Å². The molecule has 1 atom stereocenters. The Morgan fingerprint density at radius 1 is 1.11 bits per heavy atom. The van der Waals surface area contributed by atoms with Crippen LogP contribution in [0.1, 0.15) is 19.3 Å². The number of hydrogen-bond donors (Lipinski definition) is 1. The summed E-state index contributed by atoms with van der Waals surface area (Å²) >= 11 is 6.06. The van der Waals surface area contributed by atoms with Crippen molar-refractivity contribution in [2.45, 2.75) is 19.3 Å². The van der Waals surface area contributed by atoms with Gasteiger partial charge in [-0.3, -0.25) is 0 Å². The predicted octanol–water partition coefficient (Wildman–Crippen LogP) is 3.17. The summed E-state index contributed by atoms with van der Waals surface area (Å²) in [7, 11) is 0. The summed E-state index contributed by atoms with van der Waals surface area (Å²) in [6.45, 7) is 4.82. The lowest BCUT2D eigenvalue weighted by atomic mass is 9.83. The molecule has 0 amide bonds. The Kier molecular flexibility index (Phi) is 3.76. The van der Waals surface area contributed by atoms with Crippen molar-refractivity contribution in [3.05, 3.63) is 29.3 Å². The molecule has 0 bridgehead atoms. The van der Waals surface area contributed by atoms with Crippen LogP contribution in [0.15, 0.2) is 24.3 Å². The molecule has 2 heterocycles. The second-order valence-corrected chi connectivity index (χ2v) is 5.99. The van der Waals surface area contributed by atoms with Gasteiger partial charge < -0.3 is 10.2 Å². The number of rotatable bonds is 2. The number of halogens is 1. The Morgan fingerprint density at radius 3 is 2.61 bits per heavy atom. The highest BCUT2D eigenvalue weighted by Crippen LogP contribution is 2.31. The van der Waals surface area contributed by atoms with Crippen molar-refractivity contribution in [3.8, 4) is 0 Å². The normalized spacial score (nSPS) is 25.6. The summed E-state index contributed by atoms with van der Waals surface area (Å²) < 4.78 is 0. The average molecular weight is 265 g/mol. The molecule has 2 fully saturated rings. The van der Waals surface area contributed by atoms with Crippen LogP contribution in [-0.4, -0.2) is 26.2 Å². The third-order valence-corrected chi connectivity index (χ3v) is 4.71. The zero-order chi connectivity index (χ0) is 12.4. The first-order chi connectivity index (χ1) is 8.83. The molecule has 1 aromatic rings. The Balaban J connectivity index is 1.59. The first-order valence-corrected chi connectivity index (χ1v) is 7.42. The van der Waals surface area contributed by atoms with Gasteiger partial charge in [-0.05, 0) is 62.4 Å². The zero-order valence-electron chi connectivity index (χ0n) is 10.7. The van der Waals surface area contributed by atoms with Gasteiger partial charge in [0.1, 0.15) is 0 Å². The highest BCUT2D eigenvalue weighted by atomic mass is 35.5.